The molecule has 0 aliphatic heterocycles. The standard InChI is InChI=1S/C15H24BrN3O/c1-2-10-19-15(20)14(16)13(11-17-19)18-12-8-6-4-3-5-7-9-12/h11-12,18H,2-10H2,1H3. The summed E-state index contributed by atoms with van der Waals surface area (Å²) in [6, 6.07) is 0.467. The van der Waals surface area contributed by atoms with Gasteiger partial charge in [-0.3, -0.25) is 4.79 Å². The van der Waals surface area contributed by atoms with Gasteiger partial charge in [0.2, 0.25) is 0 Å². The van der Waals surface area contributed by atoms with E-state index in [1.165, 1.54) is 49.6 Å². The minimum Gasteiger partial charge on any atom is -0.380 e. The molecule has 1 fully saturated rings. The molecule has 1 saturated carbocycles. The van der Waals surface area contributed by atoms with Crippen LogP contribution in [0.4, 0.5) is 5.69 Å². The summed E-state index contributed by atoms with van der Waals surface area (Å²) < 4.78 is 2.14. The van der Waals surface area contributed by atoms with E-state index in [1.54, 1.807) is 6.20 Å². The lowest BCUT2D eigenvalue weighted by Gasteiger charge is -2.22. The third-order valence-corrected chi connectivity index (χ3v) is 4.65. The summed E-state index contributed by atoms with van der Waals surface area (Å²) in [7, 11) is 0. The van der Waals surface area contributed by atoms with Gasteiger partial charge in [0.05, 0.1) is 11.9 Å². The van der Waals surface area contributed by atoms with E-state index in [-0.39, 0.29) is 5.56 Å². The molecule has 0 unspecified atom stereocenters. The highest BCUT2D eigenvalue weighted by atomic mass is 79.9. The average molecular weight is 342 g/mol. The fourth-order valence-electron chi connectivity index (χ4n) is 2.76. The molecule has 0 amide bonds. The summed E-state index contributed by atoms with van der Waals surface area (Å²) in [5.41, 5.74) is 0.802. The van der Waals surface area contributed by atoms with Gasteiger partial charge < -0.3 is 5.32 Å². The molecule has 0 bridgehead atoms. The summed E-state index contributed by atoms with van der Waals surface area (Å²) in [6.07, 6.45) is 11.6. The van der Waals surface area contributed by atoms with E-state index in [9.17, 15) is 4.79 Å². The Bertz CT molecular complexity index is 478. The van der Waals surface area contributed by atoms with Crippen LogP contribution in [-0.2, 0) is 6.54 Å². The van der Waals surface area contributed by atoms with Gasteiger partial charge >= 0.3 is 0 Å². The second kappa shape index (κ2) is 7.81. The minimum atomic E-state index is -0.0392. The molecule has 112 valence electrons. The van der Waals surface area contributed by atoms with Crippen LogP contribution in [0.25, 0.3) is 0 Å². The molecule has 0 radical (unpaired) electrons. The average Bonchev–Trinajstić information content (AvgIpc) is 2.41. The zero-order valence-corrected chi connectivity index (χ0v) is 13.8. The van der Waals surface area contributed by atoms with E-state index in [2.05, 4.69) is 26.3 Å². The molecule has 1 aromatic rings. The Morgan fingerprint density at radius 2 is 1.95 bits per heavy atom. The number of halogens is 1. The SMILES string of the molecule is CCCn1ncc(NC2CCCCCCC2)c(Br)c1=O. The van der Waals surface area contributed by atoms with Crippen LogP contribution in [0.5, 0.6) is 0 Å². The van der Waals surface area contributed by atoms with Crippen molar-refractivity contribution >= 4 is 21.6 Å². The van der Waals surface area contributed by atoms with Gasteiger partial charge in [0.25, 0.3) is 5.56 Å². The molecule has 1 aromatic heterocycles. The molecule has 0 aromatic carbocycles. The Labute approximate surface area is 129 Å². The van der Waals surface area contributed by atoms with Crippen LogP contribution in [0.1, 0.15) is 58.3 Å². The maximum atomic E-state index is 12.2. The topological polar surface area (TPSA) is 46.9 Å². The van der Waals surface area contributed by atoms with E-state index >= 15 is 0 Å². The van der Waals surface area contributed by atoms with Crippen molar-refractivity contribution in [3.05, 3.63) is 21.0 Å². The van der Waals surface area contributed by atoms with Crippen molar-refractivity contribution < 1.29 is 0 Å². The summed E-state index contributed by atoms with van der Waals surface area (Å²) in [4.78, 5) is 12.2. The first-order valence-corrected chi connectivity index (χ1v) is 8.54. The third-order valence-electron chi connectivity index (χ3n) is 3.89. The summed E-state index contributed by atoms with van der Waals surface area (Å²) in [5, 5.41) is 7.75. The van der Waals surface area contributed by atoms with Crippen molar-refractivity contribution in [2.75, 3.05) is 5.32 Å². The van der Waals surface area contributed by atoms with Gasteiger partial charge in [-0.25, -0.2) is 4.68 Å². The van der Waals surface area contributed by atoms with E-state index in [0.717, 1.165) is 12.1 Å². The molecule has 0 atom stereocenters. The molecule has 1 aliphatic carbocycles. The fourth-order valence-corrected chi connectivity index (χ4v) is 3.18. The highest BCUT2D eigenvalue weighted by molar-refractivity contribution is 9.10. The monoisotopic (exact) mass is 341 g/mol. The van der Waals surface area contributed by atoms with E-state index in [4.69, 9.17) is 0 Å². The van der Waals surface area contributed by atoms with Crippen LogP contribution in [0.2, 0.25) is 0 Å². The van der Waals surface area contributed by atoms with Crippen LogP contribution < -0.4 is 10.9 Å². The van der Waals surface area contributed by atoms with Crippen molar-refractivity contribution in [1.82, 2.24) is 9.78 Å². The molecule has 0 saturated heterocycles. The molecule has 0 spiro atoms. The number of nitrogens with zero attached hydrogens (tertiary/aromatic N) is 2. The second-order valence-corrected chi connectivity index (χ2v) is 6.38. The van der Waals surface area contributed by atoms with E-state index in [0.29, 0.717) is 17.1 Å². The highest BCUT2D eigenvalue weighted by Crippen LogP contribution is 2.23. The Morgan fingerprint density at radius 1 is 1.30 bits per heavy atom. The number of aryl methyl sites for hydroxylation is 1. The first-order chi connectivity index (χ1) is 9.72. The number of hydrogen-bond acceptors (Lipinski definition) is 3. The second-order valence-electron chi connectivity index (χ2n) is 5.59. The van der Waals surface area contributed by atoms with Crippen LogP contribution in [0.3, 0.4) is 0 Å². The Morgan fingerprint density at radius 3 is 2.60 bits per heavy atom. The maximum Gasteiger partial charge on any atom is 0.283 e. The molecule has 5 heteroatoms. The van der Waals surface area contributed by atoms with Gasteiger partial charge in [-0.15, -0.1) is 0 Å². The number of anilines is 1. The van der Waals surface area contributed by atoms with Crippen molar-refractivity contribution in [1.29, 1.82) is 0 Å². The van der Waals surface area contributed by atoms with Crippen molar-refractivity contribution in [2.45, 2.75) is 70.9 Å². The van der Waals surface area contributed by atoms with Crippen LogP contribution in [0, 0.1) is 0 Å². The van der Waals surface area contributed by atoms with E-state index < -0.39 is 0 Å². The maximum absolute atomic E-state index is 12.2. The Hall–Kier alpha value is -0.840. The molecule has 2 rings (SSSR count). The lowest BCUT2D eigenvalue weighted by atomic mass is 9.96. The van der Waals surface area contributed by atoms with Crippen LogP contribution in [0.15, 0.2) is 15.5 Å². The highest BCUT2D eigenvalue weighted by Gasteiger charge is 2.14. The van der Waals surface area contributed by atoms with Gasteiger partial charge in [-0.2, -0.15) is 5.10 Å². The molecule has 1 aliphatic rings. The number of aromatic nitrogens is 2. The van der Waals surface area contributed by atoms with Crippen LogP contribution >= 0.6 is 15.9 Å². The number of rotatable bonds is 4. The molecular formula is C15H24BrN3O. The van der Waals surface area contributed by atoms with Gasteiger partial charge in [0.15, 0.2) is 0 Å². The largest absolute Gasteiger partial charge is 0.380 e. The number of nitrogens with one attached hydrogen (secondary N) is 1. The minimum absolute atomic E-state index is 0.0392. The zero-order valence-electron chi connectivity index (χ0n) is 12.2. The van der Waals surface area contributed by atoms with Crippen molar-refractivity contribution in [3.63, 3.8) is 0 Å². The lowest BCUT2D eigenvalue weighted by molar-refractivity contribution is 0.470. The first-order valence-electron chi connectivity index (χ1n) is 7.74. The fraction of sp³-hybridized carbons (Fsp3) is 0.733. The normalized spacial score (nSPS) is 17.5. The quantitative estimate of drug-likeness (QED) is 0.902. The lowest BCUT2D eigenvalue weighted by Crippen LogP contribution is -2.27. The molecule has 20 heavy (non-hydrogen) atoms. The Kier molecular flexibility index (Phi) is 6.07. The third kappa shape index (κ3) is 4.08. The Balaban J connectivity index is 2.08. The van der Waals surface area contributed by atoms with Crippen molar-refractivity contribution in [2.24, 2.45) is 0 Å². The predicted molar refractivity (Wildman–Crippen MR) is 86.2 cm³/mol. The summed E-state index contributed by atoms with van der Waals surface area (Å²) in [6.45, 7) is 2.71. The van der Waals surface area contributed by atoms with Crippen LogP contribution in [-0.4, -0.2) is 15.8 Å². The van der Waals surface area contributed by atoms with Gasteiger partial charge in [0.1, 0.15) is 4.47 Å². The smallest absolute Gasteiger partial charge is 0.283 e. The molecule has 1 N–H and O–H groups in total. The first kappa shape index (κ1) is 15.5. The summed E-state index contributed by atoms with van der Waals surface area (Å²) in [5.74, 6) is 0. The number of hydrogen-bond donors (Lipinski definition) is 1. The van der Waals surface area contributed by atoms with Crippen molar-refractivity contribution in [3.8, 4) is 0 Å². The predicted octanol–water partition coefficient (Wildman–Crippen LogP) is 3.94. The van der Waals surface area contributed by atoms with E-state index in [1.807, 2.05) is 6.92 Å². The molecular weight excluding hydrogens is 318 g/mol. The summed E-state index contributed by atoms with van der Waals surface area (Å²) >= 11 is 3.43. The zero-order chi connectivity index (χ0) is 14.4. The molecule has 4 nitrogen and oxygen atoms in total. The van der Waals surface area contributed by atoms with Gasteiger partial charge in [-0.05, 0) is 35.2 Å². The molecule has 1 heterocycles. The van der Waals surface area contributed by atoms with Gasteiger partial charge in [0, 0.05) is 12.6 Å². The van der Waals surface area contributed by atoms with Gasteiger partial charge in [-0.1, -0.05) is 39.0 Å².